The van der Waals surface area contributed by atoms with Gasteiger partial charge in [0.1, 0.15) is 0 Å². The van der Waals surface area contributed by atoms with Crippen molar-refractivity contribution in [2.75, 3.05) is 0 Å². The molecule has 0 saturated heterocycles. The van der Waals surface area contributed by atoms with Crippen molar-refractivity contribution in [1.82, 2.24) is 0 Å². The average molecular weight is 379 g/mol. The molecular weight excluding hydrogens is 324 g/mol. The highest BCUT2D eigenvalue weighted by Crippen LogP contribution is 2.18. The Morgan fingerprint density at radius 2 is 0.889 bits per heavy atom. The monoisotopic (exact) mass is 378 g/mol. The highest BCUT2D eigenvalue weighted by atomic mass is 14.1. The predicted octanol–water partition coefficient (Wildman–Crippen LogP) is 10.4. The van der Waals surface area contributed by atoms with Gasteiger partial charge in [0.15, 0.2) is 0 Å². The van der Waals surface area contributed by atoms with Gasteiger partial charge < -0.3 is 0 Å². The predicted molar refractivity (Wildman–Crippen MR) is 127 cm³/mol. The van der Waals surface area contributed by atoms with E-state index in [2.05, 4.69) is 32.9 Å². The molecular formula is C27H54. The van der Waals surface area contributed by atoms with Crippen LogP contribution in [0.1, 0.15) is 156 Å². The van der Waals surface area contributed by atoms with Gasteiger partial charge in [0.25, 0.3) is 0 Å². The van der Waals surface area contributed by atoms with Crippen LogP contribution in [-0.2, 0) is 0 Å². The quantitative estimate of drug-likeness (QED) is 0.130. The molecule has 0 radical (unpaired) electrons. The molecule has 0 rings (SSSR count). The smallest absolute Gasteiger partial charge is 0.0351 e. The molecule has 0 heteroatoms. The van der Waals surface area contributed by atoms with Crippen molar-refractivity contribution in [2.45, 2.75) is 156 Å². The van der Waals surface area contributed by atoms with Crippen molar-refractivity contribution in [3.05, 3.63) is 12.2 Å². The summed E-state index contributed by atoms with van der Waals surface area (Å²) in [5.41, 5.74) is 0. The van der Waals surface area contributed by atoms with Crippen LogP contribution in [0.2, 0.25) is 0 Å². The molecule has 0 aliphatic rings. The van der Waals surface area contributed by atoms with Gasteiger partial charge in [-0.25, -0.2) is 0 Å². The molecule has 0 nitrogen and oxygen atoms in total. The number of hydrogen-bond donors (Lipinski definition) is 0. The van der Waals surface area contributed by atoms with Crippen LogP contribution in [-0.4, -0.2) is 0 Å². The number of rotatable bonds is 22. The van der Waals surface area contributed by atoms with Gasteiger partial charge in [-0.3, -0.25) is 0 Å². The van der Waals surface area contributed by atoms with E-state index in [9.17, 15) is 0 Å². The van der Waals surface area contributed by atoms with Crippen molar-refractivity contribution in [1.29, 1.82) is 0 Å². The fourth-order valence-electron chi connectivity index (χ4n) is 4.05. The van der Waals surface area contributed by atoms with E-state index in [4.69, 9.17) is 0 Å². The lowest BCUT2D eigenvalue weighted by Gasteiger charge is -2.10. The molecule has 0 N–H and O–H groups in total. The first-order valence-electron chi connectivity index (χ1n) is 13.0. The summed E-state index contributed by atoms with van der Waals surface area (Å²) in [6.45, 7) is 6.99. The third kappa shape index (κ3) is 23.7. The van der Waals surface area contributed by atoms with E-state index >= 15 is 0 Å². The van der Waals surface area contributed by atoms with Gasteiger partial charge in [0.05, 0.1) is 0 Å². The molecule has 0 aromatic carbocycles. The molecule has 0 amide bonds. The van der Waals surface area contributed by atoms with Gasteiger partial charge in [-0.05, 0) is 25.2 Å². The summed E-state index contributed by atoms with van der Waals surface area (Å²) < 4.78 is 0. The van der Waals surface area contributed by atoms with E-state index in [0.29, 0.717) is 0 Å². The molecule has 0 spiro atoms. The SMILES string of the molecule is CC/C=C/CCCCCCCCCCCCCCCC(C)CCCCCC. The second kappa shape index (κ2) is 23.8. The second-order valence-corrected chi connectivity index (χ2v) is 9.01. The Balaban J connectivity index is 3.09. The van der Waals surface area contributed by atoms with Crippen molar-refractivity contribution in [2.24, 2.45) is 5.92 Å². The number of hydrogen-bond acceptors (Lipinski definition) is 0. The van der Waals surface area contributed by atoms with Crippen LogP contribution in [0, 0.1) is 5.92 Å². The zero-order chi connectivity index (χ0) is 19.8. The first-order chi connectivity index (χ1) is 13.3. The first kappa shape index (κ1) is 26.7. The largest absolute Gasteiger partial charge is 0.0888 e. The van der Waals surface area contributed by atoms with Gasteiger partial charge in [-0.1, -0.05) is 148 Å². The maximum Gasteiger partial charge on any atom is -0.0351 e. The molecule has 0 heterocycles. The van der Waals surface area contributed by atoms with Crippen LogP contribution in [0.25, 0.3) is 0 Å². The summed E-state index contributed by atoms with van der Waals surface area (Å²) in [5.74, 6) is 0.967. The van der Waals surface area contributed by atoms with Crippen LogP contribution >= 0.6 is 0 Å². The van der Waals surface area contributed by atoms with Crippen LogP contribution < -0.4 is 0 Å². The summed E-state index contributed by atoms with van der Waals surface area (Å²) in [6.07, 6.45) is 34.9. The zero-order valence-corrected chi connectivity index (χ0v) is 19.6. The highest BCUT2D eigenvalue weighted by molar-refractivity contribution is 4.79. The lowest BCUT2D eigenvalue weighted by Crippen LogP contribution is -1.95. The third-order valence-electron chi connectivity index (χ3n) is 6.02. The first-order valence-corrected chi connectivity index (χ1v) is 13.0. The molecule has 0 bridgehead atoms. The standard InChI is InChI=1S/C27H54/c1-4-6-8-10-11-12-13-14-15-16-17-18-19-20-21-22-24-26-27(3)25-23-9-7-5-2/h6,8,27H,4-5,7,9-26H2,1-3H3/b8-6+. The lowest BCUT2D eigenvalue weighted by molar-refractivity contribution is 0.433. The maximum absolute atomic E-state index is 2.47. The molecule has 0 aromatic heterocycles. The topological polar surface area (TPSA) is 0 Å². The molecule has 0 aliphatic carbocycles. The summed E-state index contributed by atoms with van der Waals surface area (Å²) in [6, 6.07) is 0. The Hall–Kier alpha value is -0.260. The van der Waals surface area contributed by atoms with Crippen molar-refractivity contribution in [3.63, 3.8) is 0 Å². The Bertz CT molecular complexity index is 278. The minimum absolute atomic E-state index is 0.967. The molecule has 0 aliphatic heterocycles. The fourth-order valence-corrected chi connectivity index (χ4v) is 4.05. The molecule has 0 fully saturated rings. The van der Waals surface area contributed by atoms with Crippen molar-refractivity contribution < 1.29 is 0 Å². The molecule has 1 atom stereocenters. The van der Waals surface area contributed by atoms with Crippen LogP contribution in [0.5, 0.6) is 0 Å². The Morgan fingerprint density at radius 1 is 0.481 bits per heavy atom. The fraction of sp³-hybridized carbons (Fsp3) is 0.926. The number of allylic oxidation sites excluding steroid dienone is 2. The van der Waals surface area contributed by atoms with Crippen LogP contribution in [0.3, 0.4) is 0 Å². The van der Waals surface area contributed by atoms with Crippen LogP contribution in [0.15, 0.2) is 12.2 Å². The Kier molecular flexibility index (Phi) is 23.5. The Labute approximate surface area is 174 Å². The van der Waals surface area contributed by atoms with Gasteiger partial charge in [0.2, 0.25) is 0 Å². The van der Waals surface area contributed by atoms with Crippen molar-refractivity contribution >= 4 is 0 Å². The molecule has 0 saturated carbocycles. The lowest BCUT2D eigenvalue weighted by atomic mass is 9.96. The average Bonchev–Trinajstić information content (AvgIpc) is 2.67. The number of unbranched alkanes of at least 4 members (excludes halogenated alkanes) is 16. The second-order valence-electron chi connectivity index (χ2n) is 9.01. The minimum atomic E-state index is 0.967. The van der Waals surface area contributed by atoms with Gasteiger partial charge in [0, 0.05) is 0 Å². The molecule has 27 heavy (non-hydrogen) atoms. The van der Waals surface area contributed by atoms with E-state index in [1.807, 2.05) is 0 Å². The normalized spacial score (nSPS) is 12.9. The summed E-state index contributed by atoms with van der Waals surface area (Å²) in [7, 11) is 0. The van der Waals surface area contributed by atoms with E-state index in [1.54, 1.807) is 0 Å². The summed E-state index contributed by atoms with van der Waals surface area (Å²) >= 11 is 0. The van der Waals surface area contributed by atoms with Gasteiger partial charge in [-0.15, -0.1) is 0 Å². The van der Waals surface area contributed by atoms with E-state index in [0.717, 1.165) is 5.92 Å². The third-order valence-corrected chi connectivity index (χ3v) is 6.02. The molecule has 0 aromatic rings. The minimum Gasteiger partial charge on any atom is -0.0888 e. The molecule has 1 unspecified atom stereocenters. The van der Waals surface area contributed by atoms with Crippen LogP contribution in [0.4, 0.5) is 0 Å². The summed E-state index contributed by atoms with van der Waals surface area (Å²) in [5, 5.41) is 0. The maximum atomic E-state index is 2.47. The summed E-state index contributed by atoms with van der Waals surface area (Å²) in [4.78, 5) is 0. The zero-order valence-electron chi connectivity index (χ0n) is 19.6. The van der Waals surface area contributed by atoms with Gasteiger partial charge >= 0.3 is 0 Å². The van der Waals surface area contributed by atoms with E-state index in [1.165, 1.54) is 135 Å². The molecule has 162 valence electrons. The van der Waals surface area contributed by atoms with Crippen molar-refractivity contribution in [3.8, 4) is 0 Å². The van der Waals surface area contributed by atoms with Gasteiger partial charge in [-0.2, -0.15) is 0 Å². The van der Waals surface area contributed by atoms with E-state index < -0.39 is 0 Å². The highest BCUT2D eigenvalue weighted by Gasteiger charge is 2.01. The van der Waals surface area contributed by atoms with E-state index in [-0.39, 0.29) is 0 Å². The Morgan fingerprint density at radius 3 is 1.33 bits per heavy atom.